The van der Waals surface area contributed by atoms with Crippen LogP contribution in [0.4, 0.5) is 0 Å². The summed E-state index contributed by atoms with van der Waals surface area (Å²) in [7, 11) is -3.09. The Hall–Kier alpha value is -0.390. The highest BCUT2D eigenvalue weighted by atomic mass is 32.2. The van der Waals surface area contributed by atoms with Gasteiger partial charge >= 0.3 is 0 Å². The molecule has 0 spiro atoms. The number of hydrogen-bond acceptors (Lipinski definition) is 3. The first-order valence-corrected chi connectivity index (χ1v) is 6.50. The van der Waals surface area contributed by atoms with E-state index in [9.17, 15) is 8.42 Å². The standard InChI is InChI=1S/C9H18N2O2S/c1-3-4-7-14(12,13)11-6-5-10-8-9(11)2/h3-4,9-10H,5-8H2,1-2H3/b4-3+/t9-/m0/s1. The van der Waals surface area contributed by atoms with E-state index in [4.69, 9.17) is 0 Å². The van der Waals surface area contributed by atoms with Crippen molar-refractivity contribution in [3.63, 3.8) is 0 Å². The summed E-state index contributed by atoms with van der Waals surface area (Å²) < 4.78 is 25.2. The lowest BCUT2D eigenvalue weighted by Gasteiger charge is -2.32. The molecule has 0 saturated carbocycles. The van der Waals surface area contributed by atoms with Crippen molar-refractivity contribution in [3.8, 4) is 0 Å². The predicted molar refractivity (Wildman–Crippen MR) is 57.6 cm³/mol. The number of hydrogen-bond donors (Lipinski definition) is 1. The Balaban J connectivity index is 2.69. The van der Waals surface area contributed by atoms with Gasteiger partial charge in [-0.15, -0.1) is 0 Å². The molecule has 1 fully saturated rings. The Kier molecular flexibility index (Phi) is 4.10. The molecule has 0 aromatic rings. The van der Waals surface area contributed by atoms with E-state index in [1.165, 1.54) is 0 Å². The molecule has 0 aromatic heterocycles. The summed E-state index contributed by atoms with van der Waals surface area (Å²) in [6.07, 6.45) is 3.45. The van der Waals surface area contributed by atoms with Crippen LogP contribution < -0.4 is 5.32 Å². The van der Waals surface area contributed by atoms with E-state index in [0.29, 0.717) is 6.54 Å². The van der Waals surface area contributed by atoms with Crippen molar-refractivity contribution in [3.05, 3.63) is 12.2 Å². The SMILES string of the molecule is C/C=C/CS(=O)(=O)N1CCNC[C@@H]1C. The molecule has 1 atom stereocenters. The third-order valence-electron chi connectivity index (χ3n) is 2.34. The van der Waals surface area contributed by atoms with Gasteiger partial charge in [0.05, 0.1) is 5.75 Å². The largest absolute Gasteiger partial charge is 0.314 e. The fourth-order valence-electron chi connectivity index (χ4n) is 1.55. The molecule has 0 radical (unpaired) electrons. The lowest BCUT2D eigenvalue weighted by atomic mass is 10.3. The van der Waals surface area contributed by atoms with Crippen molar-refractivity contribution in [2.45, 2.75) is 19.9 Å². The van der Waals surface area contributed by atoms with Crippen LogP contribution in [0.25, 0.3) is 0 Å². The molecule has 0 aliphatic carbocycles. The van der Waals surface area contributed by atoms with E-state index in [1.807, 2.05) is 13.8 Å². The Morgan fingerprint density at radius 3 is 2.86 bits per heavy atom. The van der Waals surface area contributed by atoms with Crippen LogP contribution in [-0.4, -0.2) is 44.2 Å². The number of nitrogens with one attached hydrogen (secondary N) is 1. The third-order valence-corrected chi connectivity index (χ3v) is 4.21. The van der Waals surface area contributed by atoms with Gasteiger partial charge < -0.3 is 5.32 Å². The Bertz CT molecular complexity index is 298. The van der Waals surface area contributed by atoms with Crippen molar-refractivity contribution in [2.75, 3.05) is 25.4 Å². The van der Waals surface area contributed by atoms with Crippen LogP contribution in [-0.2, 0) is 10.0 Å². The molecule has 82 valence electrons. The lowest BCUT2D eigenvalue weighted by molar-refractivity contribution is 0.284. The lowest BCUT2D eigenvalue weighted by Crippen LogP contribution is -2.52. The van der Waals surface area contributed by atoms with Gasteiger partial charge in [-0.3, -0.25) is 0 Å². The van der Waals surface area contributed by atoms with Crippen LogP contribution in [0.2, 0.25) is 0 Å². The summed E-state index contributed by atoms with van der Waals surface area (Å²) in [6, 6.07) is 0.0685. The Morgan fingerprint density at radius 1 is 1.57 bits per heavy atom. The van der Waals surface area contributed by atoms with Crippen molar-refractivity contribution in [1.82, 2.24) is 9.62 Å². The fraction of sp³-hybridized carbons (Fsp3) is 0.778. The molecule has 0 amide bonds. The van der Waals surface area contributed by atoms with Gasteiger partial charge in [-0.1, -0.05) is 12.2 Å². The highest BCUT2D eigenvalue weighted by Gasteiger charge is 2.27. The molecule has 1 aliphatic rings. The van der Waals surface area contributed by atoms with E-state index in [0.717, 1.165) is 13.1 Å². The van der Waals surface area contributed by atoms with Crippen LogP contribution in [0.3, 0.4) is 0 Å². The van der Waals surface area contributed by atoms with Gasteiger partial charge in [0.15, 0.2) is 0 Å². The fourth-order valence-corrected chi connectivity index (χ4v) is 3.17. The third kappa shape index (κ3) is 2.80. The zero-order chi connectivity index (χ0) is 10.6. The van der Waals surface area contributed by atoms with Crippen molar-refractivity contribution >= 4 is 10.0 Å². The molecular formula is C9H18N2O2S. The van der Waals surface area contributed by atoms with E-state index in [2.05, 4.69) is 5.32 Å². The van der Waals surface area contributed by atoms with E-state index in [-0.39, 0.29) is 11.8 Å². The molecule has 14 heavy (non-hydrogen) atoms. The predicted octanol–water partition coefficient (Wildman–Crippen LogP) is 0.186. The normalized spacial score (nSPS) is 25.7. The van der Waals surface area contributed by atoms with Crippen LogP contribution in [0, 0.1) is 0 Å². The minimum atomic E-state index is -3.09. The van der Waals surface area contributed by atoms with Gasteiger partial charge in [0.25, 0.3) is 0 Å². The van der Waals surface area contributed by atoms with Gasteiger partial charge in [-0.05, 0) is 13.8 Å². The molecule has 1 aliphatic heterocycles. The highest BCUT2D eigenvalue weighted by molar-refractivity contribution is 7.89. The molecule has 0 aromatic carbocycles. The summed E-state index contributed by atoms with van der Waals surface area (Å²) in [6.45, 7) is 5.84. The molecule has 1 saturated heterocycles. The smallest absolute Gasteiger partial charge is 0.218 e. The number of piperazine rings is 1. The van der Waals surface area contributed by atoms with Crippen LogP contribution >= 0.6 is 0 Å². The maximum atomic E-state index is 11.8. The zero-order valence-corrected chi connectivity index (χ0v) is 9.55. The molecular weight excluding hydrogens is 200 g/mol. The van der Waals surface area contributed by atoms with Crippen LogP contribution in [0.1, 0.15) is 13.8 Å². The van der Waals surface area contributed by atoms with Gasteiger partial charge in [0.1, 0.15) is 0 Å². The van der Waals surface area contributed by atoms with Crippen molar-refractivity contribution in [1.29, 1.82) is 0 Å². The van der Waals surface area contributed by atoms with E-state index in [1.54, 1.807) is 16.5 Å². The van der Waals surface area contributed by atoms with Crippen molar-refractivity contribution in [2.24, 2.45) is 0 Å². The van der Waals surface area contributed by atoms with Gasteiger partial charge in [-0.2, -0.15) is 4.31 Å². The van der Waals surface area contributed by atoms with Crippen LogP contribution in [0.5, 0.6) is 0 Å². The Morgan fingerprint density at radius 2 is 2.29 bits per heavy atom. The molecule has 5 heteroatoms. The molecule has 1 heterocycles. The minimum absolute atomic E-state index is 0.0685. The average molecular weight is 218 g/mol. The first kappa shape index (κ1) is 11.7. The average Bonchev–Trinajstić information content (AvgIpc) is 2.15. The number of allylic oxidation sites excluding steroid dienone is 1. The minimum Gasteiger partial charge on any atom is -0.314 e. The quantitative estimate of drug-likeness (QED) is 0.688. The number of sulfonamides is 1. The monoisotopic (exact) mass is 218 g/mol. The summed E-state index contributed by atoms with van der Waals surface area (Å²) in [5.74, 6) is 0.119. The zero-order valence-electron chi connectivity index (χ0n) is 8.73. The van der Waals surface area contributed by atoms with Gasteiger partial charge in [0.2, 0.25) is 10.0 Å². The second-order valence-corrected chi connectivity index (χ2v) is 5.48. The topological polar surface area (TPSA) is 49.4 Å². The summed E-state index contributed by atoms with van der Waals surface area (Å²) in [5, 5.41) is 3.17. The van der Waals surface area contributed by atoms with Crippen molar-refractivity contribution < 1.29 is 8.42 Å². The molecule has 1 rings (SSSR count). The maximum absolute atomic E-state index is 11.8. The highest BCUT2D eigenvalue weighted by Crippen LogP contribution is 2.09. The molecule has 4 nitrogen and oxygen atoms in total. The first-order valence-electron chi connectivity index (χ1n) is 4.89. The first-order chi connectivity index (χ1) is 6.58. The Labute approximate surface area is 86.0 Å². The van der Waals surface area contributed by atoms with E-state index < -0.39 is 10.0 Å². The molecule has 0 unspecified atom stereocenters. The van der Waals surface area contributed by atoms with E-state index >= 15 is 0 Å². The summed E-state index contributed by atoms with van der Waals surface area (Å²) in [5.41, 5.74) is 0. The number of nitrogens with zero attached hydrogens (tertiary/aromatic N) is 1. The number of rotatable bonds is 3. The summed E-state index contributed by atoms with van der Waals surface area (Å²) in [4.78, 5) is 0. The molecule has 0 bridgehead atoms. The summed E-state index contributed by atoms with van der Waals surface area (Å²) >= 11 is 0. The molecule has 1 N–H and O–H groups in total. The maximum Gasteiger partial charge on any atom is 0.218 e. The van der Waals surface area contributed by atoms with Gasteiger partial charge in [0, 0.05) is 25.7 Å². The second kappa shape index (κ2) is 4.91. The van der Waals surface area contributed by atoms with Crippen LogP contribution in [0.15, 0.2) is 12.2 Å². The van der Waals surface area contributed by atoms with Gasteiger partial charge in [-0.25, -0.2) is 8.42 Å². The second-order valence-electron chi connectivity index (χ2n) is 3.51.